The van der Waals surface area contributed by atoms with E-state index in [1.165, 1.54) is 21.4 Å². The fourth-order valence-electron chi connectivity index (χ4n) is 2.19. The fraction of sp³-hybridized carbons (Fsp3) is 0.333. The van der Waals surface area contributed by atoms with E-state index in [4.69, 9.17) is 10.5 Å². The van der Waals surface area contributed by atoms with Crippen LogP contribution in [0.2, 0.25) is 0 Å². The molecule has 21 heavy (non-hydrogen) atoms. The summed E-state index contributed by atoms with van der Waals surface area (Å²) in [6.45, 7) is 2.73. The number of ether oxygens (including phenoxy) is 1. The van der Waals surface area contributed by atoms with Crippen molar-refractivity contribution >= 4 is 5.69 Å². The van der Waals surface area contributed by atoms with Crippen LogP contribution in [0.25, 0.3) is 0 Å². The third kappa shape index (κ3) is 3.34. The molecule has 0 amide bonds. The lowest BCUT2D eigenvalue weighted by Crippen LogP contribution is -2.39. The van der Waals surface area contributed by atoms with Crippen LogP contribution in [0.1, 0.15) is 18.9 Å². The Hall–Kier alpha value is -2.50. The zero-order valence-electron chi connectivity index (χ0n) is 12.2. The molecule has 6 nitrogen and oxygen atoms in total. The van der Waals surface area contributed by atoms with Crippen LogP contribution in [0, 0.1) is 0 Å². The minimum Gasteiger partial charge on any atom is -0.497 e. The third-order valence-corrected chi connectivity index (χ3v) is 3.17. The van der Waals surface area contributed by atoms with Crippen molar-refractivity contribution in [2.75, 3.05) is 12.8 Å². The summed E-state index contributed by atoms with van der Waals surface area (Å²) in [6.07, 6.45) is 2.36. The molecule has 2 rings (SSSR count). The summed E-state index contributed by atoms with van der Waals surface area (Å²) in [5.74, 6) is 0.600. The highest BCUT2D eigenvalue weighted by atomic mass is 16.5. The summed E-state index contributed by atoms with van der Waals surface area (Å²) in [4.78, 5) is 24.2. The first-order valence-electron chi connectivity index (χ1n) is 6.79. The molecule has 112 valence electrons. The van der Waals surface area contributed by atoms with Crippen molar-refractivity contribution in [1.29, 1.82) is 0 Å². The quantitative estimate of drug-likeness (QED) is 0.835. The van der Waals surface area contributed by atoms with Crippen molar-refractivity contribution in [3.63, 3.8) is 0 Å². The van der Waals surface area contributed by atoms with Gasteiger partial charge in [0.2, 0.25) is 0 Å². The summed E-state index contributed by atoms with van der Waals surface area (Å²) in [5, 5.41) is 0. The van der Waals surface area contributed by atoms with E-state index in [1.807, 2.05) is 6.92 Å². The van der Waals surface area contributed by atoms with Crippen LogP contribution >= 0.6 is 0 Å². The maximum Gasteiger partial charge on any atom is 0.331 e. The summed E-state index contributed by atoms with van der Waals surface area (Å²) >= 11 is 0. The Morgan fingerprint density at radius 1 is 1.24 bits per heavy atom. The van der Waals surface area contributed by atoms with Crippen molar-refractivity contribution in [2.45, 2.75) is 26.4 Å². The standard InChI is InChI=1S/C15H19N3O3/c1-3-5-17-6-4-14(19)18(15(17)20)10-11-7-12(16)9-13(8-11)21-2/h4,6-9H,3,5,10,16H2,1-2H3. The lowest BCUT2D eigenvalue weighted by Gasteiger charge is -2.10. The van der Waals surface area contributed by atoms with E-state index in [0.717, 1.165) is 12.0 Å². The second-order valence-electron chi connectivity index (χ2n) is 4.83. The van der Waals surface area contributed by atoms with Gasteiger partial charge < -0.3 is 15.0 Å². The molecule has 0 saturated carbocycles. The first-order chi connectivity index (χ1) is 10.0. The second-order valence-corrected chi connectivity index (χ2v) is 4.83. The van der Waals surface area contributed by atoms with Gasteiger partial charge >= 0.3 is 5.69 Å². The molecule has 1 aromatic carbocycles. The predicted octanol–water partition coefficient (Wildman–Crippen LogP) is 1.06. The number of rotatable bonds is 5. The van der Waals surface area contributed by atoms with Crippen LogP contribution in [0.4, 0.5) is 5.69 Å². The molecule has 0 aliphatic rings. The second kappa shape index (κ2) is 6.30. The van der Waals surface area contributed by atoms with E-state index < -0.39 is 0 Å². The molecule has 0 fully saturated rings. The number of hydrogen-bond acceptors (Lipinski definition) is 4. The Balaban J connectivity index is 2.44. The normalized spacial score (nSPS) is 10.6. The van der Waals surface area contributed by atoms with E-state index in [9.17, 15) is 9.59 Å². The van der Waals surface area contributed by atoms with Crippen molar-refractivity contribution < 1.29 is 4.74 Å². The number of benzene rings is 1. The lowest BCUT2D eigenvalue weighted by molar-refractivity contribution is 0.414. The highest BCUT2D eigenvalue weighted by molar-refractivity contribution is 5.47. The molecule has 0 aliphatic carbocycles. The van der Waals surface area contributed by atoms with Gasteiger partial charge in [-0.05, 0) is 24.1 Å². The molecule has 0 radical (unpaired) electrons. The van der Waals surface area contributed by atoms with Gasteiger partial charge in [0.05, 0.1) is 13.7 Å². The SMILES string of the molecule is CCCn1ccc(=O)n(Cc2cc(N)cc(OC)c2)c1=O. The number of nitrogens with two attached hydrogens (primary N) is 1. The molecule has 0 atom stereocenters. The van der Waals surface area contributed by atoms with Gasteiger partial charge in [-0.25, -0.2) is 4.79 Å². The van der Waals surface area contributed by atoms with Crippen LogP contribution < -0.4 is 21.7 Å². The Labute approximate surface area is 122 Å². The highest BCUT2D eigenvalue weighted by Gasteiger charge is 2.07. The van der Waals surface area contributed by atoms with Gasteiger partial charge in [0.15, 0.2) is 0 Å². The third-order valence-electron chi connectivity index (χ3n) is 3.17. The van der Waals surface area contributed by atoms with E-state index in [2.05, 4.69) is 0 Å². The highest BCUT2D eigenvalue weighted by Crippen LogP contribution is 2.18. The Morgan fingerprint density at radius 3 is 2.67 bits per heavy atom. The van der Waals surface area contributed by atoms with Gasteiger partial charge in [-0.1, -0.05) is 6.92 Å². The molecule has 1 heterocycles. The first-order valence-corrected chi connectivity index (χ1v) is 6.79. The van der Waals surface area contributed by atoms with Gasteiger partial charge in [0.25, 0.3) is 5.56 Å². The number of aryl methyl sites for hydroxylation is 1. The van der Waals surface area contributed by atoms with Crippen LogP contribution in [0.15, 0.2) is 40.1 Å². The van der Waals surface area contributed by atoms with Crippen LogP contribution in [-0.4, -0.2) is 16.2 Å². The maximum atomic E-state index is 12.3. The van der Waals surface area contributed by atoms with Crippen LogP contribution in [0.3, 0.4) is 0 Å². The summed E-state index contributed by atoms with van der Waals surface area (Å²) < 4.78 is 7.88. The number of methoxy groups -OCH3 is 1. The molecule has 0 saturated heterocycles. The molecule has 0 bridgehead atoms. The van der Waals surface area contributed by atoms with E-state index in [0.29, 0.717) is 18.0 Å². The Kier molecular flexibility index (Phi) is 4.47. The Morgan fingerprint density at radius 2 is 2.00 bits per heavy atom. The first kappa shape index (κ1) is 14.9. The molecular weight excluding hydrogens is 270 g/mol. The number of hydrogen-bond donors (Lipinski definition) is 1. The average molecular weight is 289 g/mol. The van der Waals surface area contributed by atoms with Crippen molar-refractivity contribution in [1.82, 2.24) is 9.13 Å². The molecule has 0 spiro atoms. The van der Waals surface area contributed by atoms with Crippen molar-refractivity contribution in [2.24, 2.45) is 0 Å². The molecule has 0 aliphatic heterocycles. The lowest BCUT2D eigenvalue weighted by atomic mass is 10.2. The maximum absolute atomic E-state index is 12.3. The summed E-state index contributed by atoms with van der Waals surface area (Å²) in [5.41, 5.74) is 6.43. The van der Waals surface area contributed by atoms with Gasteiger partial charge in [-0.2, -0.15) is 0 Å². The zero-order valence-corrected chi connectivity index (χ0v) is 12.2. The zero-order chi connectivity index (χ0) is 15.4. The van der Waals surface area contributed by atoms with Crippen molar-refractivity contribution in [3.8, 4) is 5.75 Å². The number of nitrogens with zero attached hydrogens (tertiary/aromatic N) is 2. The van der Waals surface area contributed by atoms with E-state index in [-0.39, 0.29) is 17.8 Å². The molecular formula is C15H19N3O3. The van der Waals surface area contributed by atoms with Crippen LogP contribution in [-0.2, 0) is 13.1 Å². The number of anilines is 1. The number of nitrogen functional groups attached to an aromatic ring is 1. The molecule has 0 unspecified atom stereocenters. The topological polar surface area (TPSA) is 79.2 Å². The van der Waals surface area contributed by atoms with Crippen LogP contribution in [0.5, 0.6) is 5.75 Å². The van der Waals surface area contributed by atoms with Gasteiger partial charge in [-0.3, -0.25) is 9.36 Å². The van der Waals surface area contributed by atoms with Gasteiger partial charge in [0, 0.05) is 30.6 Å². The van der Waals surface area contributed by atoms with Gasteiger partial charge in [-0.15, -0.1) is 0 Å². The minimum absolute atomic E-state index is 0.170. The summed E-state index contributed by atoms with van der Waals surface area (Å²) in [7, 11) is 1.54. The smallest absolute Gasteiger partial charge is 0.331 e. The Bertz CT molecular complexity index is 747. The molecule has 2 N–H and O–H groups in total. The van der Waals surface area contributed by atoms with Gasteiger partial charge in [0.1, 0.15) is 5.75 Å². The average Bonchev–Trinajstić information content (AvgIpc) is 2.46. The monoisotopic (exact) mass is 289 g/mol. The van der Waals surface area contributed by atoms with E-state index >= 15 is 0 Å². The molecule has 2 aromatic rings. The molecule has 1 aromatic heterocycles. The number of aromatic nitrogens is 2. The minimum atomic E-state index is -0.325. The molecule has 6 heteroatoms. The predicted molar refractivity (Wildman–Crippen MR) is 81.8 cm³/mol. The van der Waals surface area contributed by atoms with Crippen molar-refractivity contribution in [3.05, 3.63) is 56.9 Å². The fourth-order valence-corrected chi connectivity index (χ4v) is 2.19. The van der Waals surface area contributed by atoms with E-state index in [1.54, 1.807) is 25.3 Å². The largest absolute Gasteiger partial charge is 0.497 e. The summed E-state index contributed by atoms with van der Waals surface area (Å²) in [6, 6.07) is 6.58.